The Balaban J connectivity index is 1.13. The van der Waals surface area contributed by atoms with Crippen LogP contribution in [0.5, 0.6) is 0 Å². The van der Waals surface area contributed by atoms with Gasteiger partial charge in [-0.25, -0.2) is 9.98 Å². The summed E-state index contributed by atoms with van der Waals surface area (Å²) in [5, 5.41) is 5.11. The van der Waals surface area contributed by atoms with E-state index in [1.807, 2.05) is 23.5 Å². The first kappa shape index (κ1) is 30.8. The van der Waals surface area contributed by atoms with E-state index in [2.05, 4.69) is 169 Å². The van der Waals surface area contributed by atoms with Crippen LogP contribution < -0.4 is 0 Å². The van der Waals surface area contributed by atoms with E-state index in [0.29, 0.717) is 5.92 Å². The van der Waals surface area contributed by atoms with E-state index in [0.717, 1.165) is 29.2 Å². The molecule has 0 amide bonds. The van der Waals surface area contributed by atoms with Gasteiger partial charge in [0.25, 0.3) is 0 Å². The van der Waals surface area contributed by atoms with Crippen LogP contribution in [0.3, 0.4) is 0 Å². The second-order valence-electron chi connectivity index (χ2n) is 13.9. The number of aliphatic imine (C=N–C) groups is 2. The molecule has 4 nitrogen and oxygen atoms in total. The van der Waals surface area contributed by atoms with E-state index in [-0.39, 0.29) is 6.17 Å². The molecule has 0 saturated heterocycles. The van der Waals surface area contributed by atoms with Crippen molar-refractivity contribution in [3.63, 3.8) is 0 Å². The first-order valence-corrected chi connectivity index (χ1v) is 18.8. The number of amidine groups is 2. The summed E-state index contributed by atoms with van der Waals surface area (Å²) < 4.78 is 4.98. The van der Waals surface area contributed by atoms with Crippen LogP contribution in [0.1, 0.15) is 36.2 Å². The fraction of sp³-hybridized carbons (Fsp3) is 0.106. The van der Waals surface area contributed by atoms with Crippen LogP contribution in [0, 0.1) is 5.92 Å². The van der Waals surface area contributed by atoms with Crippen molar-refractivity contribution in [1.82, 2.24) is 9.47 Å². The minimum absolute atomic E-state index is 0.231. The number of para-hydroxylation sites is 1. The second kappa shape index (κ2) is 12.3. The molecule has 0 bridgehead atoms. The van der Waals surface area contributed by atoms with Gasteiger partial charge in [0.15, 0.2) is 12.0 Å². The summed E-state index contributed by atoms with van der Waals surface area (Å²) in [5.41, 5.74) is 9.50. The average molecular weight is 689 g/mol. The van der Waals surface area contributed by atoms with Crippen molar-refractivity contribution in [3.05, 3.63) is 174 Å². The van der Waals surface area contributed by atoms with Crippen molar-refractivity contribution >= 4 is 70.7 Å². The molecule has 2 aromatic heterocycles. The first-order valence-electron chi connectivity index (χ1n) is 18.0. The Hall–Kier alpha value is -6.04. The maximum Gasteiger partial charge on any atom is 0.159 e. The van der Waals surface area contributed by atoms with Gasteiger partial charge in [-0.15, -0.1) is 11.3 Å². The zero-order valence-corrected chi connectivity index (χ0v) is 29.9. The standard InChI is InChI=1S/C47H36N4S/c1-30-23-26-34(27-24-30)51-40-21-10-9-17-37(40)43-35(18-12-22-41(43)51)33-25-28-42-39(29-33)36-19-11-20-38(44(36)52-42)47-49-45(31-13-5-3-6-14-31)48-46(50(47)2)32-15-7-4-8-16-32/h3-23,25-30,47H,24H2,1-2H3. The van der Waals surface area contributed by atoms with Gasteiger partial charge in [-0.2, -0.15) is 0 Å². The monoisotopic (exact) mass is 688 g/mol. The Morgan fingerprint density at radius 2 is 1.40 bits per heavy atom. The molecule has 250 valence electrons. The van der Waals surface area contributed by atoms with Crippen molar-refractivity contribution < 1.29 is 0 Å². The lowest BCUT2D eigenvalue weighted by atomic mass is 9.97. The van der Waals surface area contributed by atoms with Crippen molar-refractivity contribution in [2.24, 2.45) is 15.9 Å². The summed E-state index contributed by atoms with van der Waals surface area (Å²) in [5.74, 6) is 2.24. The molecular weight excluding hydrogens is 653 g/mol. The fourth-order valence-electron chi connectivity index (χ4n) is 8.00. The van der Waals surface area contributed by atoms with Crippen LogP contribution in [-0.2, 0) is 0 Å². The summed E-state index contributed by atoms with van der Waals surface area (Å²) >= 11 is 1.86. The van der Waals surface area contributed by atoms with Gasteiger partial charge in [-0.3, -0.25) is 0 Å². The highest BCUT2D eigenvalue weighted by molar-refractivity contribution is 7.26. The molecule has 2 atom stereocenters. The molecule has 2 unspecified atom stereocenters. The zero-order valence-electron chi connectivity index (χ0n) is 29.1. The molecule has 3 heterocycles. The minimum Gasteiger partial charge on any atom is -0.333 e. The molecule has 2 aliphatic rings. The number of allylic oxidation sites excluding steroid dienone is 4. The molecular formula is C47H36N4S. The lowest BCUT2D eigenvalue weighted by Crippen LogP contribution is -2.35. The molecule has 0 N–H and O–H groups in total. The van der Waals surface area contributed by atoms with Crippen LogP contribution in [0.4, 0.5) is 0 Å². The van der Waals surface area contributed by atoms with E-state index in [1.165, 1.54) is 64.4 Å². The number of benzene rings is 6. The van der Waals surface area contributed by atoms with E-state index in [9.17, 15) is 0 Å². The normalized spacial score (nSPS) is 17.6. The van der Waals surface area contributed by atoms with Crippen molar-refractivity contribution in [3.8, 4) is 11.1 Å². The number of aromatic nitrogens is 1. The zero-order chi connectivity index (χ0) is 34.8. The minimum atomic E-state index is -0.231. The molecule has 0 spiro atoms. The predicted octanol–water partition coefficient (Wildman–Crippen LogP) is 12.1. The quantitative estimate of drug-likeness (QED) is 0.177. The number of hydrogen-bond donors (Lipinski definition) is 0. The highest BCUT2D eigenvalue weighted by Gasteiger charge is 2.29. The molecule has 1 aliphatic heterocycles. The highest BCUT2D eigenvalue weighted by atomic mass is 32.1. The maximum absolute atomic E-state index is 5.32. The Labute approximate surface area is 307 Å². The smallest absolute Gasteiger partial charge is 0.159 e. The van der Waals surface area contributed by atoms with Crippen molar-refractivity contribution in [2.45, 2.75) is 19.5 Å². The molecule has 1 aliphatic carbocycles. The number of thiophene rings is 1. The lowest BCUT2D eigenvalue weighted by molar-refractivity contribution is 0.385. The van der Waals surface area contributed by atoms with Gasteiger partial charge >= 0.3 is 0 Å². The summed E-state index contributed by atoms with van der Waals surface area (Å²) in [7, 11) is 2.11. The van der Waals surface area contributed by atoms with Gasteiger partial charge in [0, 0.05) is 60.4 Å². The van der Waals surface area contributed by atoms with Gasteiger partial charge in [-0.05, 0) is 53.8 Å². The Morgan fingerprint density at radius 3 is 2.21 bits per heavy atom. The predicted molar refractivity (Wildman–Crippen MR) is 221 cm³/mol. The molecule has 8 aromatic rings. The Morgan fingerprint density at radius 1 is 0.673 bits per heavy atom. The van der Waals surface area contributed by atoms with Crippen molar-refractivity contribution in [1.29, 1.82) is 0 Å². The number of hydrogen-bond acceptors (Lipinski definition) is 4. The van der Waals surface area contributed by atoms with Crippen molar-refractivity contribution in [2.75, 3.05) is 7.05 Å². The van der Waals surface area contributed by atoms with Gasteiger partial charge in [0.2, 0.25) is 0 Å². The SMILES string of the molecule is CC1C=CC(n2c3ccccc3c3c(-c4ccc5sc6c(C7N=C(c8ccccc8)N=C(c8ccccc8)N7C)cccc6c5c4)cccc32)=CC1. The molecule has 0 radical (unpaired) electrons. The lowest BCUT2D eigenvalue weighted by Gasteiger charge is -2.32. The third kappa shape index (κ3) is 4.95. The van der Waals surface area contributed by atoms with Crippen LogP contribution in [0.15, 0.2) is 168 Å². The molecule has 6 aromatic carbocycles. The second-order valence-corrected chi connectivity index (χ2v) is 14.9. The first-order chi connectivity index (χ1) is 25.6. The summed E-state index contributed by atoms with van der Waals surface area (Å²) in [6.45, 7) is 2.28. The Kier molecular flexibility index (Phi) is 7.29. The van der Waals surface area contributed by atoms with Crippen LogP contribution in [0.25, 0.3) is 58.8 Å². The van der Waals surface area contributed by atoms with Gasteiger partial charge in [0.1, 0.15) is 5.84 Å². The average Bonchev–Trinajstić information content (AvgIpc) is 3.75. The molecule has 0 saturated carbocycles. The van der Waals surface area contributed by atoms with Crippen LogP contribution in [-0.4, -0.2) is 28.2 Å². The van der Waals surface area contributed by atoms with E-state index in [1.54, 1.807) is 0 Å². The largest absolute Gasteiger partial charge is 0.333 e. The van der Waals surface area contributed by atoms with E-state index < -0.39 is 0 Å². The fourth-order valence-corrected chi connectivity index (χ4v) is 9.21. The number of fused-ring (bicyclic) bond motifs is 6. The molecule has 10 rings (SSSR count). The molecule has 5 heteroatoms. The van der Waals surface area contributed by atoms with Crippen LogP contribution in [0.2, 0.25) is 0 Å². The van der Waals surface area contributed by atoms with Gasteiger partial charge in [-0.1, -0.05) is 134 Å². The summed E-state index contributed by atoms with van der Waals surface area (Å²) in [6.07, 6.45) is 7.83. The maximum atomic E-state index is 5.32. The van der Waals surface area contributed by atoms with E-state index in [4.69, 9.17) is 9.98 Å². The number of nitrogens with zero attached hydrogens (tertiary/aromatic N) is 4. The summed E-state index contributed by atoms with van der Waals surface area (Å²) in [6, 6.07) is 50.1. The molecule has 52 heavy (non-hydrogen) atoms. The topological polar surface area (TPSA) is 32.9 Å². The molecule has 0 fully saturated rings. The third-order valence-electron chi connectivity index (χ3n) is 10.6. The van der Waals surface area contributed by atoms with Crippen LogP contribution >= 0.6 is 11.3 Å². The Bertz CT molecular complexity index is 2800. The third-order valence-corrected chi connectivity index (χ3v) is 11.8. The summed E-state index contributed by atoms with van der Waals surface area (Å²) in [4.78, 5) is 12.7. The number of rotatable bonds is 5. The highest BCUT2D eigenvalue weighted by Crippen LogP contribution is 2.44. The van der Waals surface area contributed by atoms with E-state index >= 15 is 0 Å². The van der Waals surface area contributed by atoms with Gasteiger partial charge in [0.05, 0.1) is 11.0 Å². The van der Waals surface area contributed by atoms with Gasteiger partial charge < -0.3 is 9.47 Å².